The number of thiazole rings is 1. The Morgan fingerprint density at radius 1 is 1.64 bits per heavy atom. The second kappa shape index (κ2) is 3.99. The maximum atomic E-state index is 4.31. The minimum atomic E-state index is 0.372. The Hall–Kier alpha value is -0.410. The fourth-order valence-corrected chi connectivity index (χ4v) is 3.17. The molecule has 0 spiro atoms. The average Bonchev–Trinajstić information content (AvgIpc) is 2.79. The molecule has 1 unspecified atom stereocenters. The number of rotatable bonds is 3. The highest BCUT2D eigenvalue weighted by molar-refractivity contribution is 7.09. The van der Waals surface area contributed by atoms with Crippen molar-refractivity contribution in [2.75, 3.05) is 6.54 Å². The van der Waals surface area contributed by atoms with Gasteiger partial charge in [0.1, 0.15) is 0 Å². The Kier molecular flexibility index (Phi) is 2.88. The molecule has 0 saturated carbocycles. The molecule has 1 saturated heterocycles. The number of nitrogens with zero attached hydrogens (tertiary/aromatic N) is 1. The molecule has 1 aromatic heterocycles. The van der Waals surface area contributed by atoms with Gasteiger partial charge in [-0.05, 0) is 32.7 Å². The molecule has 1 atom stereocenters. The third-order valence-corrected chi connectivity index (χ3v) is 4.29. The standard InChI is InChI=1S/C11H18N2S/c1-3-11(5-4-6-13-11)7-10-9(2)12-8-14-10/h8,13H,3-7H2,1-2H3. The van der Waals surface area contributed by atoms with Crippen LogP contribution in [0.2, 0.25) is 0 Å². The molecular formula is C11H18N2S. The third-order valence-electron chi connectivity index (χ3n) is 3.35. The summed E-state index contributed by atoms with van der Waals surface area (Å²) in [5, 5.41) is 3.66. The zero-order valence-electron chi connectivity index (χ0n) is 8.97. The summed E-state index contributed by atoms with van der Waals surface area (Å²) in [5.41, 5.74) is 3.55. The largest absolute Gasteiger partial charge is 0.311 e. The van der Waals surface area contributed by atoms with Gasteiger partial charge in [-0.3, -0.25) is 0 Å². The fraction of sp³-hybridized carbons (Fsp3) is 0.727. The Bertz CT molecular complexity index is 300. The molecule has 78 valence electrons. The van der Waals surface area contributed by atoms with Crippen molar-refractivity contribution in [3.8, 4) is 0 Å². The number of nitrogens with one attached hydrogen (secondary N) is 1. The van der Waals surface area contributed by atoms with Crippen molar-refractivity contribution in [2.45, 2.75) is 45.1 Å². The second-order valence-corrected chi connectivity index (χ2v) is 5.14. The predicted octanol–water partition coefficient (Wildman–Crippen LogP) is 2.53. The van der Waals surface area contributed by atoms with Crippen molar-refractivity contribution >= 4 is 11.3 Å². The van der Waals surface area contributed by atoms with Crippen molar-refractivity contribution in [1.29, 1.82) is 0 Å². The van der Waals surface area contributed by atoms with E-state index in [1.165, 1.54) is 42.8 Å². The minimum Gasteiger partial charge on any atom is -0.311 e. The molecule has 0 bridgehead atoms. The lowest BCUT2D eigenvalue weighted by Crippen LogP contribution is -2.41. The summed E-state index contributed by atoms with van der Waals surface area (Å²) < 4.78 is 0. The van der Waals surface area contributed by atoms with Gasteiger partial charge >= 0.3 is 0 Å². The van der Waals surface area contributed by atoms with E-state index < -0.39 is 0 Å². The van der Waals surface area contributed by atoms with E-state index in [0.29, 0.717) is 5.54 Å². The van der Waals surface area contributed by atoms with E-state index in [4.69, 9.17) is 0 Å². The first-order valence-electron chi connectivity index (χ1n) is 5.40. The zero-order chi connectivity index (χ0) is 10.0. The minimum absolute atomic E-state index is 0.372. The molecule has 0 radical (unpaired) electrons. The van der Waals surface area contributed by atoms with Gasteiger partial charge in [0, 0.05) is 16.8 Å². The predicted molar refractivity (Wildman–Crippen MR) is 60.8 cm³/mol. The smallest absolute Gasteiger partial charge is 0.0797 e. The summed E-state index contributed by atoms with van der Waals surface area (Å²) in [6.45, 7) is 5.59. The van der Waals surface area contributed by atoms with E-state index >= 15 is 0 Å². The van der Waals surface area contributed by atoms with Gasteiger partial charge in [-0.1, -0.05) is 6.92 Å². The summed E-state index contributed by atoms with van der Waals surface area (Å²) in [7, 11) is 0. The molecule has 1 aromatic rings. The number of aromatic nitrogens is 1. The van der Waals surface area contributed by atoms with Crippen LogP contribution in [0.15, 0.2) is 5.51 Å². The van der Waals surface area contributed by atoms with Crippen LogP contribution >= 0.6 is 11.3 Å². The Labute approximate surface area is 89.8 Å². The van der Waals surface area contributed by atoms with Gasteiger partial charge in [-0.15, -0.1) is 11.3 Å². The first-order valence-corrected chi connectivity index (χ1v) is 6.28. The van der Waals surface area contributed by atoms with Gasteiger partial charge in [-0.25, -0.2) is 4.98 Å². The summed E-state index contributed by atoms with van der Waals surface area (Å²) in [4.78, 5) is 5.77. The monoisotopic (exact) mass is 210 g/mol. The van der Waals surface area contributed by atoms with Crippen LogP contribution in [0.5, 0.6) is 0 Å². The quantitative estimate of drug-likeness (QED) is 0.829. The molecule has 2 rings (SSSR count). The Balaban J connectivity index is 2.12. The van der Waals surface area contributed by atoms with Crippen LogP contribution in [0.1, 0.15) is 36.8 Å². The molecule has 14 heavy (non-hydrogen) atoms. The van der Waals surface area contributed by atoms with Gasteiger partial charge in [0.05, 0.1) is 11.2 Å². The van der Waals surface area contributed by atoms with Gasteiger partial charge in [-0.2, -0.15) is 0 Å². The third kappa shape index (κ3) is 1.84. The van der Waals surface area contributed by atoms with Gasteiger partial charge in [0.15, 0.2) is 0 Å². The van der Waals surface area contributed by atoms with Crippen molar-refractivity contribution in [3.63, 3.8) is 0 Å². The summed E-state index contributed by atoms with van der Waals surface area (Å²) in [6, 6.07) is 0. The second-order valence-electron chi connectivity index (χ2n) is 4.20. The van der Waals surface area contributed by atoms with Crippen molar-refractivity contribution in [3.05, 3.63) is 16.1 Å². The van der Waals surface area contributed by atoms with Crippen LogP contribution < -0.4 is 5.32 Å². The Morgan fingerprint density at radius 3 is 3.00 bits per heavy atom. The Morgan fingerprint density at radius 2 is 2.50 bits per heavy atom. The van der Waals surface area contributed by atoms with Gasteiger partial charge in [0.2, 0.25) is 0 Å². The van der Waals surface area contributed by atoms with E-state index in [0.717, 1.165) is 0 Å². The summed E-state index contributed by atoms with van der Waals surface area (Å²) in [5.74, 6) is 0. The van der Waals surface area contributed by atoms with Crippen molar-refractivity contribution in [1.82, 2.24) is 10.3 Å². The van der Waals surface area contributed by atoms with Crippen LogP contribution in [-0.4, -0.2) is 17.1 Å². The first-order chi connectivity index (χ1) is 6.76. The molecule has 1 N–H and O–H groups in total. The molecule has 1 aliphatic rings. The highest BCUT2D eigenvalue weighted by Gasteiger charge is 2.32. The van der Waals surface area contributed by atoms with Crippen LogP contribution in [-0.2, 0) is 6.42 Å². The highest BCUT2D eigenvalue weighted by Crippen LogP contribution is 2.29. The SMILES string of the molecule is CCC1(Cc2scnc2C)CCCN1. The number of hydrogen-bond donors (Lipinski definition) is 1. The topological polar surface area (TPSA) is 24.9 Å². The highest BCUT2D eigenvalue weighted by atomic mass is 32.1. The lowest BCUT2D eigenvalue weighted by molar-refractivity contribution is 0.361. The van der Waals surface area contributed by atoms with Crippen LogP contribution in [0.3, 0.4) is 0 Å². The lowest BCUT2D eigenvalue weighted by Gasteiger charge is -2.27. The van der Waals surface area contributed by atoms with E-state index in [1.54, 1.807) is 11.3 Å². The first kappa shape index (κ1) is 10.1. The molecular weight excluding hydrogens is 192 g/mol. The van der Waals surface area contributed by atoms with Crippen LogP contribution in [0, 0.1) is 6.92 Å². The zero-order valence-corrected chi connectivity index (χ0v) is 9.78. The summed E-state index contributed by atoms with van der Waals surface area (Å²) >= 11 is 1.80. The van der Waals surface area contributed by atoms with Crippen molar-refractivity contribution < 1.29 is 0 Å². The van der Waals surface area contributed by atoms with E-state index in [2.05, 4.69) is 24.1 Å². The van der Waals surface area contributed by atoms with Crippen molar-refractivity contribution in [2.24, 2.45) is 0 Å². The molecule has 0 aliphatic carbocycles. The number of hydrogen-bond acceptors (Lipinski definition) is 3. The molecule has 1 aliphatic heterocycles. The fourth-order valence-electron chi connectivity index (χ4n) is 2.25. The molecule has 0 amide bonds. The average molecular weight is 210 g/mol. The molecule has 0 aromatic carbocycles. The normalized spacial score (nSPS) is 27.0. The van der Waals surface area contributed by atoms with Crippen LogP contribution in [0.25, 0.3) is 0 Å². The van der Waals surface area contributed by atoms with Crippen LogP contribution in [0.4, 0.5) is 0 Å². The van der Waals surface area contributed by atoms with E-state index in [1.807, 2.05) is 5.51 Å². The maximum Gasteiger partial charge on any atom is 0.0797 e. The van der Waals surface area contributed by atoms with E-state index in [-0.39, 0.29) is 0 Å². The molecule has 2 nitrogen and oxygen atoms in total. The van der Waals surface area contributed by atoms with Gasteiger partial charge < -0.3 is 5.32 Å². The van der Waals surface area contributed by atoms with E-state index in [9.17, 15) is 0 Å². The molecule has 1 fully saturated rings. The molecule has 3 heteroatoms. The maximum absolute atomic E-state index is 4.31. The lowest BCUT2D eigenvalue weighted by atomic mass is 9.89. The number of aryl methyl sites for hydroxylation is 1. The summed E-state index contributed by atoms with van der Waals surface area (Å²) in [6.07, 6.45) is 5.04. The van der Waals surface area contributed by atoms with Gasteiger partial charge in [0.25, 0.3) is 0 Å². The molecule has 2 heterocycles.